The van der Waals surface area contributed by atoms with Crippen LogP contribution in [0.2, 0.25) is 5.02 Å². The zero-order chi connectivity index (χ0) is 17.3. The van der Waals surface area contributed by atoms with Crippen molar-refractivity contribution in [1.29, 1.82) is 0 Å². The van der Waals surface area contributed by atoms with Crippen molar-refractivity contribution in [2.75, 3.05) is 12.4 Å². The molecule has 1 aliphatic rings. The number of hydrogen-bond acceptors (Lipinski definition) is 5. The highest BCUT2D eigenvalue weighted by Crippen LogP contribution is 2.40. The molecule has 1 N–H and O–H groups in total. The zero-order valence-corrected chi connectivity index (χ0v) is 14.7. The van der Waals surface area contributed by atoms with Crippen LogP contribution in [0.1, 0.15) is 54.5 Å². The number of ether oxygens (including phenoxy) is 1. The van der Waals surface area contributed by atoms with E-state index in [2.05, 4.69) is 15.3 Å². The van der Waals surface area contributed by atoms with Crippen molar-refractivity contribution < 1.29 is 9.53 Å². The van der Waals surface area contributed by atoms with Gasteiger partial charge in [-0.3, -0.25) is 0 Å². The average molecular weight is 346 g/mol. The summed E-state index contributed by atoms with van der Waals surface area (Å²) in [4.78, 5) is 20.9. The van der Waals surface area contributed by atoms with E-state index >= 15 is 0 Å². The maximum Gasteiger partial charge on any atom is 0.358 e. The van der Waals surface area contributed by atoms with Gasteiger partial charge in [-0.1, -0.05) is 41.9 Å². The summed E-state index contributed by atoms with van der Waals surface area (Å²) in [5, 5.41) is 3.54. The number of carbonyl (C=O) groups is 1. The van der Waals surface area contributed by atoms with Gasteiger partial charge < -0.3 is 10.1 Å². The number of halogens is 1. The maximum absolute atomic E-state index is 12.0. The summed E-state index contributed by atoms with van der Waals surface area (Å²) in [5.74, 6) is 0.852. The van der Waals surface area contributed by atoms with Gasteiger partial charge in [-0.05, 0) is 32.3 Å². The molecule has 0 aliphatic heterocycles. The molecule has 5 nitrogen and oxygen atoms in total. The topological polar surface area (TPSA) is 64.1 Å². The van der Waals surface area contributed by atoms with E-state index in [-0.39, 0.29) is 10.7 Å². The van der Waals surface area contributed by atoms with Crippen molar-refractivity contribution in [2.24, 2.45) is 0 Å². The van der Waals surface area contributed by atoms with Gasteiger partial charge in [0.1, 0.15) is 16.7 Å². The molecule has 1 aromatic heterocycles. The van der Waals surface area contributed by atoms with Crippen LogP contribution in [0.25, 0.3) is 0 Å². The molecule has 6 heteroatoms. The summed E-state index contributed by atoms with van der Waals surface area (Å²) in [6.45, 7) is 4.07. The van der Waals surface area contributed by atoms with E-state index in [1.165, 1.54) is 7.11 Å². The summed E-state index contributed by atoms with van der Waals surface area (Å²) in [5.41, 5.74) is 0.794. The summed E-state index contributed by atoms with van der Waals surface area (Å²) in [7, 11) is 1.32. The minimum atomic E-state index is -0.551. The van der Waals surface area contributed by atoms with Crippen molar-refractivity contribution in [2.45, 2.75) is 38.1 Å². The Hall–Kier alpha value is -2.14. The Bertz CT molecular complexity index is 758. The molecule has 0 saturated heterocycles. The molecule has 0 bridgehead atoms. The van der Waals surface area contributed by atoms with Gasteiger partial charge in [0.05, 0.1) is 12.6 Å². The largest absolute Gasteiger partial charge is 0.464 e. The highest BCUT2D eigenvalue weighted by atomic mass is 35.5. The van der Waals surface area contributed by atoms with Crippen LogP contribution < -0.4 is 5.32 Å². The molecular formula is C18H20ClN3O2. The monoisotopic (exact) mass is 345 g/mol. The van der Waals surface area contributed by atoms with E-state index in [0.29, 0.717) is 17.6 Å². The van der Waals surface area contributed by atoms with Crippen LogP contribution in [0.5, 0.6) is 0 Å². The van der Waals surface area contributed by atoms with E-state index in [1.54, 1.807) is 0 Å². The third-order valence-electron chi connectivity index (χ3n) is 4.12. The molecule has 1 saturated carbocycles. The Labute approximate surface area is 146 Å². The second-order valence-electron chi connectivity index (χ2n) is 6.47. The first-order valence-electron chi connectivity index (χ1n) is 7.92. The van der Waals surface area contributed by atoms with Crippen molar-refractivity contribution >= 4 is 23.4 Å². The number of anilines is 1. The number of carbonyl (C=O) groups excluding carboxylic acids is 1. The number of hydrogen-bond donors (Lipinski definition) is 1. The molecule has 1 aliphatic carbocycles. The summed E-state index contributed by atoms with van der Waals surface area (Å²) < 4.78 is 4.80. The lowest BCUT2D eigenvalue weighted by molar-refractivity contribution is 0.0593. The van der Waals surface area contributed by atoms with Crippen LogP contribution in [-0.4, -0.2) is 23.0 Å². The molecule has 0 radical (unpaired) electrons. The number of methoxy groups -OCH3 is 1. The molecule has 0 unspecified atom stereocenters. The fraction of sp³-hybridized carbons (Fsp3) is 0.389. The smallest absolute Gasteiger partial charge is 0.358 e. The number of aromatic nitrogens is 2. The highest BCUT2D eigenvalue weighted by molar-refractivity contribution is 6.35. The SMILES string of the molecule is COC(=O)c1nc(C2CC2)nc(NC(C)(C)c2ccccc2)c1Cl. The third-order valence-corrected chi connectivity index (χ3v) is 4.47. The minimum absolute atomic E-state index is 0.113. The normalized spacial score (nSPS) is 14.3. The lowest BCUT2D eigenvalue weighted by Gasteiger charge is -2.28. The molecule has 1 heterocycles. The van der Waals surface area contributed by atoms with Crippen molar-refractivity contribution in [3.8, 4) is 0 Å². The van der Waals surface area contributed by atoms with Gasteiger partial charge in [0.2, 0.25) is 0 Å². The number of nitrogens with one attached hydrogen (secondary N) is 1. The van der Waals surface area contributed by atoms with E-state index in [4.69, 9.17) is 16.3 Å². The Kier molecular flexibility index (Phi) is 4.45. The molecule has 126 valence electrons. The number of esters is 1. The van der Waals surface area contributed by atoms with Crippen molar-refractivity contribution in [3.63, 3.8) is 0 Å². The lowest BCUT2D eigenvalue weighted by atomic mass is 9.94. The predicted molar refractivity (Wildman–Crippen MR) is 93.4 cm³/mol. The van der Waals surface area contributed by atoms with Gasteiger partial charge in [-0.2, -0.15) is 0 Å². The molecule has 24 heavy (non-hydrogen) atoms. The summed E-state index contributed by atoms with van der Waals surface area (Å²) in [6.07, 6.45) is 2.06. The van der Waals surface area contributed by atoms with Crippen LogP contribution in [0.15, 0.2) is 30.3 Å². The highest BCUT2D eigenvalue weighted by Gasteiger charge is 2.31. The average Bonchev–Trinajstić information content (AvgIpc) is 3.41. The standard InChI is InChI=1S/C18H20ClN3O2/c1-18(2,12-7-5-4-6-8-12)22-16-13(19)14(17(23)24-3)20-15(21-16)11-9-10-11/h4-8,11H,9-10H2,1-3H3,(H,20,21,22). The van der Waals surface area contributed by atoms with E-state index < -0.39 is 11.5 Å². The minimum Gasteiger partial charge on any atom is -0.464 e. The molecule has 0 atom stereocenters. The third kappa shape index (κ3) is 3.36. The van der Waals surface area contributed by atoms with Gasteiger partial charge in [0, 0.05) is 5.92 Å². The number of benzene rings is 1. The fourth-order valence-electron chi connectivity index (χ4n) is 2.53. The van der Waals surface area contributed by atoms with Crippen LogP contribution in [0, 0.1) is 0 Å². The second-order valence-corrected chi connectivity index (χ2v) is 6.85. The number of rotatable bonds is 5. The van der Waals surface area contributed by atoms with Crippen LogP contribution >= 0.6 is 11.6 Å². The molecule has 1 fully saturated rings. The Balaban J connectivity index is 2.00. The first-order valence-corrected chi connectivity index (χ1v) is 8.29. The van der Waals surface area contributed by atoms with Gasteiger partial charge in [-0.15, -0.1) is 0 Å². The predicted octanol–water partition coefficient (Wildman–Crippen LogP) is 4.14. The van der Waals surface area contributed by atoms with Gasteiger partial charge in [0.15, 0.2) is 5.69 Å². The Morgan fingerprint density at radius 3 is 2.50 bits per heavy atom. The molecule has 2 aromatic rings. The van der Waals surface area contributed by atoms with Gasteiger partial charge in [0.25, 0.3) is 0 Å². The van der Waals surface area contributed by atoms with Gasteiger partial charge in [-0.25, -0.2) is 14.8 Å². The van der Waals surface area contributed by atoms with Crippen LogP contribution in [0.3, 0.4) is 0 Å². The van der Waals surface area contributed by atoms with E-state index in [1.807, 2.05) is 44.2 Å². The zero-order valence-electron chi connectivity index (χ0n) is 14.0. The van der Waals surface area contributed by atoms with Crippen molar-refractivity contribution in [3.05, 3.63) is 52.4 Å². The second kappa shape index (κ2) is 6.40. The van der Waals surface area contributed by atoms with Crippen LogP contribution in [-0.2, 0) is 10.3 Å². The first-order chi connectivity index (χ1) is 11.4. The fourth-order valence-corrected chi connectivity index (χ4v) is 2.74. The lowest BCUT2D eigenvalue weighted by Crippen LogP contribution is -2.29. The van der Waals surface area contributed by atoms with Crippen LogP contribution in [0.4, 0.5) is 5.82 Å². The van der Waals surface area contributed by atoms with Crippen molar-refractivity contribution in [1.82, 2.24) is 9.97 Å². The molecule has 0 spiro atoms. The summed E-state index contributed by atoms with van der Waals surface area (Å²) in [6, 6.07) is 10.00. The Morgan fingerprint density at radius 2 is 1.92 bits per heavy atom. The van der Waals surface area contributed by atoms with E-state index in [0.717, 1.165) is 18.4 Å². The molecular weight excluding hydrogens is 326 g/mol. The van der Waals surface area contributed by atoms with Gasteiger partial charge >= 0.3 is 5.97 Å². The molecule has 3 rings (SSSR count). The first kappa shape index (κ1) is 16.7. The number of nitrogens with zero attached hydrogens (tertiary/aromatic N) is 2. The maximum atomic E-state index is 12.0. The summed E-state index contributed by atoms with van der Waals surface area (Å²) >= 11 is 6.38. The molecule has 1 aromatic carbocycles. The Morgan fingerprint density at radius 1 is 1.25 bits per heavy atom. The molecule has 0 amide bonds. The van der Waals surface area contributed by atoms with E-state index in [9.17, 15) is 4.79 Å². The quantitative estimate of drug-likeness (QED) is 0.825.